The van der Waals surface area contributed by atoms with Crippen LogP contribution in [0.25, 0.3) is 0 Å². The Balaban J connectivity index is 2.17. The summed E-state index contributed by atoms with van der Waals surface area (Å²) in [5.41, 5.74) is 5.56. The monoisotopic (exact) mass is 302 g/mol. The largest absolute Gasteiger partial charge is 0.444 e. The smallest absolute Gasteiger partial charge is 0.411 e. The van der Waals surface area contributed by atoms with Gasteiger partial charge in [-0.15, -0.1) is 0 Å². The van der Waals surface area contributed by atoms with Gasteiger partial charge in [0.2, 0.25) is 0 Å². The van der Waals surface area contributed by atoms with Crippen LogP contribution in [0.2, 0.25) is 0 Å². The van der Waals surface area contributed by atoms with Gasteiger partial charge in [0, 0.05) is 12.5 Å². The average molecular weight is 302 g/mol. The first-order chi connectivity index (χ1) is 9.54. The van der Waals surface area contributed by atoms with Gasteiger partial charge in [-0.2, -0.15) is 0 Å². The maximum atomic E-state index is 12.3. The first-order valence-electron chi connectivity index (χ1n) is 7.26. The first-order valence-corrected chi connectivity index (χ1v) is 7.26. The Morgan fingerprint density at radius 3 is 2.48 bits per heavy atom. The number of aliphatic hydroxyl groups is 1. The normalized spacial score (nSPS) is 35.5. The summed E-state index contributed by atoms with van der Waals surface area (Å²) < 4.78 is 17.0. The van der Waals surface area contributed by atoms with E-state index in [1.165, 1.54) is 4.90 Å². The van der Waals surface area contributed by atoms with E-state index < -0.39 is 29.8 Å². The number of carbonyl (C=O) groups is 1. The van der Waals surface area contributed by atoms with Crippen LogP contribution in [-0.2, 0) is 14.2 Å². The van der Waals surface area contributed by atoms with E-state index in [1.54, 1.807) is 34.6 Å². The Hall–Kier alpha value is -0.890. The third-order valence-electron chi connectivity index (χ3n) is 3.62. The van der Waals surface area contributed by atoms with Gasteiger partial charge in [0.1, 0.15) is 17.9 Å². The summed E-state index contributed by atoms with van der Waals surface area (Å²) in [7, 11) is 0. The number of likely N-dealkylation sites (tertiary alicyclic amines) is 1. The summed E-state index contributed by atoms with van der Waals surface area (Å²) in [5, 5.41) is 9.57. The van der Waals surface area contributed by atoms with Crippen LogP contribution in [0.3, 0.4) is 0 Å². The maximum Gasteiger partial charge on any atom is 0.411 e. The van der Waals surface area contributed by atoms with Crippen LogP contribution >= 0.6 is 0 Å². The van der Waals surface area contributed by atoms with Crippen molar-refractivity contribution < 1.29 is 24.1 Å². The van der Waals surface area contributed by atoms with Crippen LogP contribution in [0.15, 0.2) is 0 Å². The highest BCUT2D eigenvalue weighted by molar-refractivity contribution is 5.68. The van der Waals surface area contributed by atoms with Crippen LogP contribution in [0.1, 0.15) is 34.6 Å². The average Bonchev–Trinajstić information content (AvgIpc) is 2.63. The van der Waals surface area contributed by atoms with Crippen molar-refractivity contribution in [2.75, 3.05) is 13.2 Å². The van der Waals surface area contributed by atoms with Crippen molar-refractivity contribution in [1.82, 2.24) is 4.90 Å². The molecule has 0 bridgehead atoms. The van der Waals surface area contributed by atoms with Crippen molar-refractivity contribution in [3.05, 3.63) is 0 Å². The number of rotatable bonds is 1. The van der Waals surface area contributed by atoms with Crippen LogP contribution in [-0.4, -0.2) is 59.0 Å². The zero-order chi connectivity index (χ0) is 16.0. The van der Waals surface area contributed by atoms with E-state index in [4.69, 9.17) is 19.9 Å². The molecule has 1 amide bonds. The predicted octanol–water partition coefficient (Wildman–Crippen LogP) is 0.651. The maximum absolute atomic E-state index is 12.3. The topological polar surface area (TPSA) is 94.2 Å². The van der Waals surface area contributed by atoms with Gasteiger partial charge in [0.25, 0.3) is 0 Å². The van der Waals surface area contributed by atoms with Crippen LogP contribution in [0, 0.1) is 5.92 Å². The molecule has 0 aromatic rings. The molecule has 2 fully saturated rings. The second-order valence-electron chi connectivity index (χ2n) is 7.13. The molecule has 4 atom stereocenters. The van der Waals surface area contributed by atoms with E-state index in [9.17, 15) is 9.90 Å². The van der Waals surface area contributed by atoms with E-state index in [2.05, 4.69) is 0 Å². The lowest BCUT2D eigenvalue weighted by Crippen LogP contribution is -2.64. The Morgan fingerprint density at radius 1 is 1.38 bits per heavy atom. The zero-order valence-corrected chi connectivity index (χ0v) is 13.3. The third-order valence-corrected chi connectivity index (χ3v) is 3.62. The van der Waals surface area contributed by atoms with E-state index in [0.717, 1.165) is 0 Å². The fraction of sp³-hybridized carbons (Fsp3) is 0.929. The molecule has 0 aromatic carbocycles. The predicted molar refractivity (Wildman–Crippen MR) is 75.3 cm³/mol. The number of fused-ring (bicyclic) bond motifs is 1. The summed E-state index contributed by atoms with van der Waals surface area (Å²) >= 11 is 0. The van der Waals surface area contributed by atoms with Gasteiger partial charge in [-0.25, -0.2) is 4.79 Å². The highest BCUT2D eigenvalue weighted by Gasteiger charge is 2.53. The van der Waals surface area contributed by atoms with E-state index >= 15 is 0 Å². The van der Waals surface area contributed by atoms with Crippen molar-refractivity contribution in [3.8, 4) is 0 Å². The lowest BCUT2D eigenvalue weighted by molar-refractivity contribution is -0.150. The lowest BCUT2D eigenvalue weighted by Gasteiger charge is -2.42. The second kappa shape index (κ2) is 5.39. The molecule has 7 heteroatoms. The van der Waals surface area contributed by atoms with Gasteiger partial charge in [0.15, 0.2) is 5.79 Å². The van der Waals surface area contributed by atoms with Crippen LogP contribution < -0.4 is 5.73 Å². The number of aliphatic hydroxyl groups excluding tert-OH is 1. The molecule has 2 rings (SSSR count). The number of piperidine rings is 1. The molecule has 2 saturated heterocycles. The molecule has 0 spiro atoms. The summed E-state index contributed by atoms with van der Waals surface area (Å²) in [4.78, 5) is 13.7. The Morgan fingerprint density at radius 2 is 1.95 bits per heavy atom. The van der Waals surface area contributed by atoms with Crippen molar-refractivity contribution in [2.24, 2.45) is 11.7 Å². The minimum Gasteiger partial charge on any atom is -0.444 e. The lowest BCUT2D eigenvalue weighted by atomic mass is 9.91. The number of nitrogens with zero attached hydrogens (tertiary/aromatic N) is 1. The van der Waals surface area contributed by atoms with E-state index in [1.807, 2.05) is 0 Å². The number of carbonyl (C=O) groups excluding carboxylic acids is 1. The number of hydrogen-bond acceptors (Lipinski definition) is 6. The number of ether oxygens (including phenoxy) is 3. The molecule has 0 unspecified atom stereocenters. The summed E-state index contributed by atoms with van der Waals surface area (Å²) in [6.45, 7) is 9.16. The Bertz CT molecular complexity index is 407. The molecule has 3 N–H and O–H groups in total. The second-order valence-corrected chi connectivity index (χ2v) is 7.13. The van der Waals surface area contributed by atoms with Gasteiger partial charge in [-0.1, -0.05) is 0 Å². The van der Waals surface area contributed by atoms with Gasteiger partial charge in [-0.05, 0) is 34.6 Å². The fourth-order valence-electron chi connectivity index (χ4n) is 2.78. The highest BCUT2D eigenvalue weighted by Crippen LogP contribution is 2.37. The fourth-order valence-corrected chi connectivity index (χ4v) is 2.78. The van der Waals surface area contributed by atoms with Gasteiger partial charge in [-0.3, -0.25) is 4.90 Å². The molecule has 7 nitrogen and oxygen atoms in total. The van der Waals surface area contributed by atoms with Crippen molar-refractivity contribution in [2.45, 2.75) is 64.4 Å². The molecule has 2 heterocycles. The molecular weight excluding hydrogens is 276 g/mol. The Kier molecular flexibility index (Phi) is 4.23. The van der Waals surface area contributed by atoms with Crippen molar-refractivity contribution in [1.29, 1.82) is 0 Å². The minimum atomic E-state index is -0.773. The SMILES string of the molecule is CC(C)(C)OC(=O)N1C[C@H](CO)[C@@H]2OC(C)(C)O[C@@H]2[C@H]1N. The molecule has 21 heavy (non-hydrogen) atoms. The number of nitrogens with two attached hydrogens (primary N) is 1. The first kappa shape index (κ1) is 16.5. The molecule has 2 aliphatic rings. The van der Waals surface area contributed by atoms with E-state index in [0.29, 0.717) is 0 Å². The van der Waals surface area contributed by atoms with Gasteiger partial charge < -0.3 is 25.1 Å². The molecule has 0 aliphatic carbocycles. The molecule has 122 valence electrons. The zero-order valence-electron chi connectivity index (χ0n) is 13.3. The number of hydrogen-bond donors (Lipinski definition) is 2. The molecule has 0 radical (unpaired) electrons. The molecule has 0 saturated carbocycles. The third kappa shape index (κ3) is 3.48. The summed E-state index contributed by atoms with van der Waals surface area (Å²) in [5.74, 6) is -1.02. The molecular formula is C14H26N2O5. The molecule has 2 aliphatic heterocycles. The standard InChI is InChI=1S/C14H26N2O5/c1-13(2,3)21-12(18)16-6-8(7-17)9-10(11(16)15)20-14(4,5)19-9/h8-11,17H,6-7,15H2,1-5H3/t8-,9+,10+,11+/m1/s1. The Labute approximate surface area is 125 Å². The summed E-state index contributed by atoms with van der Waals surface area (Å²) in [6, 6.07) is 0. The summed E-state index contributed by atoms with van der Waals surface area (Å²) in [6.07, 6.45) is -1.95. The number of amides is 1. The molecule has 0 aromatic heterocycles. The van der Waals surface area contributed by atoms with Crippen LogP contribution in [0.4, 0.5) is 4.79 Å². The van der Waals surface area contributed by atoms with Gasteiger partial charge in [0.05, 0.1) is 12.7 Å². The van der Waals surface area contributed by atoms with Crippen LogP contribution in [0.5, 0.6) is 0 Å². The van der Waals surface area contributed by atoms with Gasteiger partial charge >= 0.3 is 6.09 Å². The van der Waals surface area contributed by atoms with Crippen molar-refractivity contribution in [3.63, 3.8) is 0 Å². The minimum absolute atomic E-state index is 0.105. The van der Waals surface area contributed by atoms with E-state index in [-0.39, 0.29) is 25.2 Å². The quantitative estimate of drug-likeness (QED) is 0.738. The highest BCUT2D eigenvalue weighted by atomic mass is 16.8. The van der Waals surface area contributed by atoms with Crippen molar-refractivity contribution >= 4 is 6.09 Å².